The second-order valence-electron chi connectivity index (χ2n) is 7.69. The van der Waals surface area contributed by atoms with Crippen molar-refractivity contribution < 1.29 is 0 Å². The third kappa shape index (κ3) is 4.93. The molecule has 0 fully saturated rings. The van der Waals surface area contributed by atoms with Crippen LogP contribution in [0.2, 0.25) is 0 Å². The van der Waals surface area contributed by atoms with E-state index in [0.29, 0.717) is 12.1 Å². The number of aryl methyl sites for hydroxylation is 1. The third-order valence-corrected chi connectivity index (χ3v) is 5.58. The van der Waals surface area contributed by atoms with Gasteiger partial charge in [0.05, 0.1) is 5.69 Å². The molecule has 0 amide bonds. The molecule has 2 atom stereocenters. The number of benzene rings is 1. The van der Waals surface area contributed by atoms with Gasteiger partial charge in [-0.1, -0.05) is 50.1 Å². The summed E-state index contributed by atoms with van der Waals surface area (Å²) in [5.41, 5.74) is 5.37. The highest BCUT2D eigenvalue weighted by Gasteiger charge is 2.23. The summed E-state index contributed by atoms with van der Waals surface area (Å²) >= 11 is 0. The Hall–Kier alpha value is -1.71. The second-order valence-corrected chi connectivity index (χ2v) is 7.69. The van der Waals surface area contributed by atoms with E-state index in [0.717, 1.165) is 26.1 Å². The summed E-state index contributed by atoms with van der Waals surface area (Å²) in [6, 6.07) is 14.1. The SMILES string of the molecule is CCCCCN(C[C@H]1Cc2ccccc2CN1)[C@H](C)c1ccc(C)cn1. The van der Waals surface area contributed by atoms with Crippen molar-refractivity contribution in [2.75, 3.05) is 13.1 Å². The van der Waals surface area contributed by atoms with Crippen LogP contribution in [-0.2, 0) is 13.0 Å². The van der Waals surface area contributed by atoms with Crippen LogP contribution in [0.15, 0.2) is 42.6 Å². The Morgan fingerprint density at radius 3 is 2.69 bits per heavy atom. The standard InChI is InChI=1S/C23H33N3/c1-4-5-8-13-26(19(3)23-12-11-18(2)15-25-23)17-22-14-20-9-6-7-10-21(20)16-24-22/h6-7,9-12,15,19,22,24H,4-5,8,13-14,16-17H2,1-3H3/t19-,22-/m1/s1. The topological polar surface area (TPSA) is 28.2 Å². The van der Waals surface area contributed by atoms with Crippen LogP contribution in [0.5, 0.6) is 0 Å². The van der Waals surface area contributed by atoms with Crippen LogP contribution in [0.25, 0.3) is 0 Å². The fraction of sp³-hybridized carbons (Fsp3) is 0.522. The number of nitrogens with one attached hydrogen (secondary N) is 1. The maximum Gasteiger partial charge on any atom is 0.0572 e. The molecule has 0 bridgehead atoms. The zero-order chi connectivity index (χ0) is 18.4. The summed E-state index contributed by atoms with van der Waals surface area (Å²) in [6.07, 6.45) is 6.93. The highest BCUT2D eigenvalue weighted by atomic mass is 15.2. The van der Waals surface area contributed by atoms with Crippen molar-refractivity contribution in [3.63, 3.8) is 0 Å². The molecule has 2 aromatic rings. The van der Waals surface area contributed by atoms with Gasteiger partial charge >= 0.3 is 0 Å². The van der Waals surface area contributed by atoms with Crippen LogP contribution in [0.1, 0.15) is 61.5 Å². The van der Waals surface area contributed by atoms with Gasteiger partial charge in [-0.2, -0.15) is 0 Å². The number of unbranched alkanes of at least 4 members (excludes halogenated alkanes) is 2. The van der Waals surface area contributed by atoms with Crippen molar-refractivity contribution in [3.05, 3.63) is 65.0 Å². The van der Waals surface area contributed by atoms with E-state index >= 15 is 0 Å². The largest absolute Gasteiger partial charge is 0.308 e. The van der Waals surface area contributed by atoms with Gasteiger partial charge in [0.25, 0.3) is 0 Å². The van der Waals surface area contributed by atoms with Gasteiger partial charge in [-0.3, -0.25) is 9.88 Å². The molecule has 3 heteroatoms. The number of pyridine rings is 1. The number of rotatable bonds is 8. The number of nitrogens with zero attached hydrogens (tertiary/aromatic N) is 2. The molecule has 1 aliphatic rings. The molecule has 26 heavy (non-hydrogen) atoms. The van der Waals surface area contributed by atoms with Crippen LogP contribution in [0, 0.1) is 6.92 Å². The van der Waals surface area contributed by atoms with Gasteiger partial charge in [0.1, 0.15) is 0 Å². The van der Waals surface area contributed by atoms with Crippen LogP contribution >= 0.6 is 0 Å². The predicted octanol–water partition coefficient (Wildman–Crippen LogP) is 4.66. The Kier molecular flexibility index (Phi) is 6.81. The van der Waals surface area contributed by atoms with Gasteiger partial charge in [0, 0.05) is 31.4 Å². The zero-order valence-corrected chi connectivity index (χ0v) is 16.5. The van der Waals surface area contributed by atoms with Gasteiger partial charge in [0.15, 0.2) is 0 Å². The molecule has 0 saturated heterocycles. The number of aromatic nitrogens is 1. The first kappa shape index (κ1) is 19.1. The zero-order valence-electron chi connectivity index (χ0n) is 16.5. The Bertz CT molecular complexity index is 680. The van der Waals surface area contributed by atoms with Crippen LogP contribution in [0.4, 0.5) is 0 Å². The van der Waals surface area contributed by atoms with E-state index in [1.807, 2.05) is 6.20 Å². The molecular formula is C23H33N3. The Morgan fingerprint density at radius 1 is 1.15 bits per heavy atom. The van der Waals surface area contributed by atoms with Gasteiger partial charge in [-0.05, 0) is 56.0 Å². The normalized spacial score (nSPS) is 17.9. The molecule has 2 heterocycles. The van der Waals surface area contributed by atoms with Gasteiger partial charge in [0.2, 0.25) is 0 Å². The van der Waals surface area contributed by atoms with E-state index in [9.17, 15) is 0 Å². The highest BCUT2D eigenvalue weighted by molar-refractivity contribution is 5.30. The summed E-state index contributed by atoms with van der Waals surface area (Å²) in [6.45, 7) is 9.89. The molecule has 1 aromatic carbocycles. The molecule has 1 N–H and O–H groups in total. The van der Waals surface area contributed by atoms with Crippen molar-refractivity contribution in [1.29, 1.82) is 0 Å². The average Bonchev–Trinajstić information content (AvgIpc) is 2.67. The van der Waals surface area contributed by atoms with E-state index in [-0.39, 0.29) is 0 Å². The van der Waals surface area contributed by atoms with E-state index in [4.69, 9.17) is 4.98 Å². The van der Waals surface area contributed by atoms with Crippen molar-refractivity contribution in [3.8, 4) is 0 Å². The fourth-order valence-corrected chi connectivity index (χ4v) is 3.85. The minimum absolute atomic E-state index is 0.353. The summed E-state index contributed by atoms with van der Waals surface area (Å²) in [7, 11) is 0. The highest BCUT2D eigenvalue weighted by Crippen LogP contribution is 2.22. The first-order chi connectivity index (χ1) is 12.7. The van der Waals surface area contributed by atoms with Gasteiger partial charge in [-0.15, -0.1) is 0 Å². The average molecular weight is 352 g/mol. The van der Waals surface area contributed by atoms with Gasteiger partial charge in [-0.25, -0.2) is 0 Å². The molecular weight excluding hydrogens is 318 g/mol. The molecule has 1 aromatic heterocycles. The third-order valence-electron chi connectivity index (χ3n) is 5.58. The van der Waals surface area contributed by atoms with Gasteiger partial charge < -0.3 is 5.32 Å². The molecule has 140 valence electrons. The first-order valence-electron chi connectivity index (χ1n) is 10.1. The molecule has 0 spiro atoms. The molecule has 0 saturated carbocycles. The van der Waals surface area contributed by atoms with Crippen molar-refractivity contribution in [2.24, 2.45) is 0 Å². The molecule has 0 unspecified atom stereocenters. The molecule has 1 aliphatic heterocycles. The molecule has 0 radical (unpaired) electrons. The quantitative estimate of drug-likeness (QED) is 0.701. The number of hydrogen-bond acceptors (Lipinski definition) is 3. The number of hydrogen-bond donors (Lipinski definition) is 1. The monoisotopic (exact) mass is 351 g/mol. The summed E-state index contributed by atoms with van der Waals surface area (Å²) in [4.78, 5) is 7.32. The smallest absolute Gasteiger partial charge is 0.0572 e. The minimum atomic E-state index is 0.353. The van der Waals surface area contributed by atoms with Crippen LogP contribution in [-0.4, -0.2) is 29.0 Å². The Morgan fingerprint density at radius 2 is 1.96 bits per heavy atom. The first-order valence-corrected chi connectivity index (χ1v) is 10.1. The molecule has 0 aliphatic carbocycles. The van der Waals surface area contributed by atoms with E-state index in [2.05, 4.69) is 67.4 Å². The number of fused-ring (bicyclic) bond motifs is 1. The lowest BCUT2D eigenvalue weighted by molar-refractivity contribution is 0.177. The lowest BCUT2D eigenvalue weighted by Gasteiger charge is -2.35. The Balaban J connectivity index is 1.68. The van der Waals surface area contributed by atoms with E-state index in [1.165, 1.54) is 41.6 Å². The predicted molar refractivity (Wildman–Crippen MR) is 109 cm³/mol. The van der Waals surface area contributed by atoms with Crippen molar-refractivity contribution >= 4 is 0 Å². The minimum Gasteiger partial charge on any atom is -0.308 e. The van der Waals surface area contributed by atoms with Crippen molar-refractivity contribution in [2.45, 2.75) is 65.1 Å². The summed E-state index contributed by atoms with van der Waals surface area (Å²) in [5.74, 6) is 0. The molecule has 3 rings (SSSR count). The maximum atomic E-state index is 4.69. The van der Waals surface area contributed by atoms with E-state index in [1.54, 1.807) is 0 Å². The van der Waals surface area contributed by atoms with E-state index < -0.39 is 0 Å². The summed E-state index contributed by atoms with van der Waals surface area (Å²) in [5, 5.41) is 3.75. The molecule has 3 nitrogen and oxygen atoms in total. The van der Waals surface area contributed by atoms with Crippen LogP contribution in [0.3, 0.4) is 0 Å². The second kappa shape index (κ2) is 9.29. The van der Waals surface area contributed by atoms with Crippen LogP contribution < -0.4 is 5.32 Å². The maximum absolute atomic E-state index is 4.69. The van der Waals surface area contributed by atoms with Crippen molar-refractivity contribution in [1.82, 2.24) is 15.2 Å². The lowest BCUT2D eigenvalue weighted by atomic mass is 9.95. The summed E-state index contributed by atoms with van der Waals surface area (Å²) < 4.78 is 0. The lowest BCUT2D eigenvalue weighted by Crippen LogP contribution is -2.45. The fourth-order valence-electron chi connectivity index (χ4n) is 3.85. The Labute approximate surface area is 158 Å².